The Morgan fingerprint density at radius 3 is 2.65 bits per heavy atom. The minimum atomic E-state index is -1.41. The van der Waals surface area contributed by atoms with Crippen LogP contribution in [0.25, 0.3) is 0 Å². The van der Waals surface area contributed by atoms with E-state index in [2.05, 4.69) is 0 Å². The third-order valence-corrected chi connectivity index (χ3v) is 4.25. The van der Waals surface area contributed by atoms with Crippen molar-refractivity contribution in [3.63, 3.8) is 0 Å². The fourth-order valence-electron chi connectivity index (χ4n) is 1.69. The molecule has 1 atom stereocenters. The van der Waals surface area contributed by atoms with Gasteiger partial charge in [0.1, 0.15) is 5.75 Å². The molecule has 0 bridgehead atoms. The minimum absolute atomic E-state index is 0.0759. The highest BCUT2D eigenvalue weighted by Gasteiger charge is 2.13. The highest BCUT2D eigenvalue weighted by molar-refractivity contribution is 7.85. The van der Waals surface area contributed by atoms with Gasteiger partial charge in [0.25, 0.3) is 0 Å². The molecule has 0 spiro atoms. The predicted octanol–water partition coefficient (Wildman–Crippen LogP) is 3.34. The Kier molecular flexibility index (Phi) is 4.93. The first-order valence-electron chi connectivity index (χ1n) is 5.91. The predicted molar refractivity (Wildman–Crippen MR) is 80.1 cm³/mol. The molecule has 0 saturated carbocycles. The molecule has 3 nitrogen and oxygen atoms in total. The van der Waals surface area contributed by atoms with Gasteiger partial charge in [-0.3, -0.25) is 9.00 Å². The quantitative estimate of drug-likeness (QED) is 0.796. The van der Waals surface area contributed by atoms with Crippen molar-refractivity contribution in [1.82, 2.24) is 0 Å². The third kappa shape index (κ3) is 3.68. The second-order valence-electron chi connectivity index (χ2n) is 4.10. The molecule has 0 aliphatic rings. The van der Waals surface area contributed by atoms with Gasteiger partial charge in [0.15, 0.2) is 5.78 Å². The summed E-state index contributed by atoms with van der Waals surface area (Å²) in [6, 6.07) is 13.5. The van der Waals surface area contributed by atoms with Crippen LogP contribution in [0.4, 0.5) is 0 Å². The van der Waals surface area contributed by atoms with E-state index in [9.17, 15) is 9.00 Å². The number of hydrogen-bond acceptors (Lipinski definition) is 3. The van der Waals surface area contributed by atoms with Crippen molar-refractivity contribution >= 4 is 28.2 Å². The van der Waals surface area contributed by atoms with E-state index in [1.165, 1.54) is 0 Å². The Bertz CT molecular complexity index is 655. The second-order valence-corrected chi connectivity index (χ2v) is 5.99. The zero-order valence-corrected chi connectivity index (χ0v) is 12.4. The van der Waals surface area contributed by atoms with Crippen molar-refractivity contribution in [3.8, 4) is 5.75 Å². The lowest BCUT2D eigenvalue weighted by Crippen LogP contribution is -2.11. The number of rotatable bonds is 5. The van der Waals surface area contributed by atoms with E-state index in [0.717, 1.165) is 0 Å². The third-order valence-electron chi connectivity index (χ3n) is 2.71. The topological polar surface area (TPSA) is 43.4 Å². The van der Waals surface area contributed by atoms with Crippen molar-refractivity contribution in [2.75, 3.05) is 12.9 Å². The standard InChI is InChI=1S/C15H13ClO3S/c1-19-13-6-3-7-14(9-13)20(18)10-15(17)11-4-2-5-12(16)8-11/h2-9H,10H2,1H3. The Labute approximate surface area is 125 Å². The molecule has 1 unspecified atom stereocenters. The summed E-state index contributed by atoms with van der Waals surface area (Å²) in [5.41, 5.74) is 0.466. The molecule has 0 aliphatic heterocycles. The van der Waals surface area contributed by atoms with Gasteiger partial charge in [-0.25, -0.2) is 0 Å². The number of carbonyl (C=O) groups excluding carboxylic acids is 1. The number of methoxy groups -OCH3 is 1. The summed E-state index contributed by atoms with van der Waals surface area (Å²) in [5.74, 6) is 0.341. The van der Waals surface area contributed by atoms with Crippen LogP contribution in [0.3, 0.4) is 0 Å². The molecule has 0 radical (unpaired) electrons. The smallest absolute Gasteiger partial charge is 0.175 e. The molecule has 0 saturated heterocycles. The first kappa shape index (κ1) is 14.8. The first-order chi connectivity index (χ1) is 9.60. The monoisotopic (exact) mass is 308 g/mol. The fraction of sp³-hybridized carbons (Fsp3) is 0.133. The summed E-state index contributed by atoms with van der Waals surface area (Å²) in [6.45, 7) is 0. The van der Waals surface area contributed by atoms with Gasteiger partial charge in [-0.2, -0.15) is 0 Å². The van der Waals surface area contributed by atoms with E-state index in [1.54, 1.807) is 55.6 Å². The molecule has 0 aromatic heterocycles. The number of ketones is 1. The molecule has 5 heteroatoms. The largest absolute Gasteiger partial charge is 0.497 e. The van der Waals surface area contributed by atoms with Crippen molar-refractivity contribution in [3.05, 3.63) is 59.1 Å². The maximum Gasteiger partial charge on any atom is 0.175 e. The van der Waals surface area contributed by atoms with Gasteiger partial charge in [-0.05, 0) is 30.3 Å². The van der Waals surface area contributed by atoms with Crippen molar-refractivity contribution in [1.29, 1.82) is 0 Å². The van der Waals surface area contributed by atoms with E-state index < -0.39 is 10.8 Å². The lowest BCUT2D eigenvalue weighted by Gasteiger charge is -2.05. The maximum absolute atomic E-state index is 12.2. The van der Waals surface area contributed by atoms with Crippen LogP contribution in [0.2, 0.25) is 5.02 Å². The molecule has 0 aliphatic carbocycles. The zero-order valence-electron chi connectivity index (χ0n) is 10.8. The normalized spacial score (nSPS) is 11.9. The average molecular weight is 309 g/mol. The maximum atomic E-state index is 12.2. The van der Waals surface area contributed by atoms with E-state index in [0.29, 0.717) is 21.2 Å². The van der Waals surface area contributed by atoms with Crippen LogP contribution in [0.1, 0.15) is 10.4 Å². The molecule has 0 amide bonds. The van der Waals surface area contributed by atoms with E-state index in [4.69, 9.17) is 16.3 Å². The SMILES string of the molecule is COc1cccc(S(=O)CC(=O)c2cccc(Cl)c2)c1. The number of carbonyl (C=O) groups is 1. The van der Waals surface area contributed by atoms with Gasteiger partial charge in [0, 0.05) is 15.5 Å². The van der Waals surface area contributed by atoms with Crippen molar-refractivity contribution in [2.45, 2.75) is 4.90 Å². The van der Waals surface area contributed by atoms with Crippen LogP contribution in [0.15, 0.2) is 53.4 Å². The highest BCUT2D eigenvalue weighted by Crippen LogP contribution is 2.17. The van der Waals surface area contributed by atoms with Crippen molar-refractivity contribution in [2.24, 2.45) is 0 Å². The molecule has 104 valence electrons. The molecular weight excluding hydrogens is 296 g/mol. The molecular formula is C15H13ClO3S. The van der Waals surface area contributed by atoms with E-state index in [-0.39, 0.29) is 11.5 Å². The number of hydrogen-bond donors (Lipinski definition) is 0. The summed E-state index contributed by atoms with van der Waals surface area (Å²) in [5, 5.41) is 0.489. The fourth-order valence-corrected chi connectivity index (χ4v) is 2.93. The molecule has 0 N–H and O–H groups in total. The lowest BCUT2D eigenvalue weighted by atomic mass is 10.1. The molecule has 20 heavy (non-hydrogen) atoms. The summed E-state index contributed by atoms with van der Waals surface area (Å²) in [6.07, 6.45) is 0. The van der Waals surface area contributed by atoms with Crippen LogP contribution in [-0.4, -0.2) is 22.9 Å². The lowest BCUT2D eigenvalue weighted by molar-refractivity contribution is 0.102. The zero-order chi connectivity index (χ0) is 14.5. The minimum Gasteiger partial charge on any atom is -0.497 e. The summed E-state index contributed by atoms with van der Waals surface area (Å²) in [4.78, 5) is 12.6. The van der Waals surface area contributed by atoms with Crippen LogP contribution < -0.4 is 4.74 Å². The first-order valence-corrected chi connectivity index (χ1v) is 7.61. The molecule has 2 rings (SSSR count). The Morgan fingerprint density at radius 2 is 1.95 bits per heavy atom. The summed E-state index contributed by atoms with van der Waals surface area (Å²) in [7, 11) is 0.136. The summed E-state index contributed by atoms with van der Waals surface area (Å²) >= 11 is 5.84. The van der Waals surface area contributed by atoms with Crippen molar-refractivity contribution < 1.29 is 13.7 Å². The van der Waals surface area contributed by atoms with Gasteiger partial charge in [0.2, 0.25) is 0 Å². The molecule has 0 fully saturated rings. The molecule has 0 heterocycles. The molecule has 2 aromatic rings. The Balaban J connectivity index is 2.13. The number of benzene rings is 2. The highest BCUT2D eigenvalue weighted by atomic mass is 35.5. The summed E-state index contributed by atoms with van der Waals surface area (Å²) < 4.78 is 17.3. The average Bonchev–Trinajstić information content (AvgIpc) is 2.47. The van der Waals surface area contributed by atoms with Gasteiger partial charge >= 0.3 is 0 Å². The Morgan fingerprint density at radius 1 is 1.20 bits per heavy atom. The number of ether oxygens (including phenoxy) is 1. The van der Waals surface area contributed by atoms with Gasteiger partial charge in [0.05, 0.1) is 23.7 Å². The van der Waals surface area contributed by atoms with Crippen LogP contribution in [0.5, 0.6) is 5.75 Å². The van der Waals surface area contributed by atoms with Gasteiger partial charge in [-0.15, -0.1) is 0 Å². The van der Waals surface area contributed by atoms with Crippen LogP contribution in [-0.2, 0) is 10.8 Å². The molecule has 2 aromatic carbocycles. The van der Waals surface area contributed by atoms with Gasteiger partial charge < -0.3 is 4.74 Å². The number of Topliss-reactive ketones (excluding diaryl/α,β-unsaturated/α-hetero) is 1. The Hall–Kier alpha value is -1.65. The number of halogens is 1. The van der Waals surface area contributed by atoms with E-state index in [1.807, 2.05) is 0 Å². The van der Waals surface area contributed by atoms with Gasteiger partial charge in [-0.1, -0.05) is 29.8 Å². The van der Waals surface area contributed by atoms with Crippen LogP contribution >= 0.6 is 11.6 Å². The van der Waals surface area contributed by atoms with Crippen LogP contribution in [0, 0.1) is 0 Å². The second kappa shape index (κ2) is 6.68. The van der Waals surface area contributed by atoms with E-state index >= 15 is 0 Å².